The summed E-state index contributed by atoms with van der Waals surface area (Å²) in [5.41, 5.74) is 14.4. The Morgan fingerprint density at radius 1 is 0.481 bits per heavy atom. The molecule has 0 bridgehead atoms. The third kappa shape index (κ3) is 17.5. The second-order valence-corrected chi connectivity index (χ2v) is 36.0. The van der Waals surface area contributed by atoms with Crippen LogP contribution >= 0.6 is 34.8 Å². The smallest absolute Gasteiger partial charge is 0.356 e. The largest absolute Gasteiger partial charge is 0.507 e. The van der Waals surface area contributed by atoms with E-state index in [1.807, 2.05) is 161 Å². The van der Waals surface area contributed by atoms with Crippen LogP contribution in [0.3, 0.4) is 0 Å². The van der Waals surface area contributed by atoms with Crippen molar-refractivity contribution in [3.05, 3.63) is 246 Å². The third-order valence-electron chi connectivity index (χ3n) is 24.7. The fraction of sp³-hybridized carbons (Fsp3) is 0.337. The van der Waals surface area contributed by atoms with E-state index in [0.717, 1.165) is 62.9 Å². The molecule has 131 heavy (non-hydrogen) atoms. The van der Waals surface area contributed by atoms with E-state index in [-0.39, 0.29) is 117 Å². The van der Waals surface area contributed by atoms with Gasteiger partial charge in [0, 0.05) is 111 Å². The summed E-state index contributed by atoms with van der Waals surface area (Å²) in [6.45, 7) is 41.2. The van der Waals surface area contributed by atoms with E-state index in [1.54, 1.807) is 49.5 Å². The fourth-order valence-corrected chi connectivity index (χ4v) is 18.7. The van der Waals surface area contributed by atoms with E-state index in [1.165, 1.54) is 53.4 Å². The van der Waals surface area contributed by atoms with Crippen molar-refractivity contribution in [3.8, 4) is 62.3 Å². The average Bonchev–Trinajstić information content (AvgIpc) is 1.65. The number of ether oxygens (including phenoxy) is 1. The number of halogens is 4. The van der Waals surface area contributed by atoms with Gasteiger partial charge >= 0.3 is 17.1 Å². The Labute approximate surface area is 771 Å². The first-order valence-corrected chi connectivity index (χ1v) is 44.7. The number of phenolic OH excluding ortho intramolecular Hbond substituents is 1. The number of carbonyl (C=O) groups is 3. The quantitative estimate of drug-likeness (QED) is 0.0800. The summed E-state index contributed by atoms with van der Waals surface area (Å²) in [4.78, 5) is 143. The molecule has 6 atom stereocenters. The van der Waals surface area contributed by atoms with Gasteiger partial charge in [0.2, 0.25) is 17.7 Å². The minimum absolute atomic E-state index is 0.0252. The first-order valence-electron chi connectivity index (χ1n) is 43.6. The van der Waals surface area contributed by atoms with Crippen molar-refractivity contribution in [1.29, 1.82) is 0 Å². The molecule has 1 aliphatic carbocycles. The summed E-state index contributed by atoms with van der Waals surface area (Å²) in [6, 6.07) is 27.7. The van der Waals surface area contributed by atoms with Gasteiger partial charge in [-0.3, -0.25) is 29.3 Å². The number of amides is 3. The van der Waals surface area contributed by atoms with Crippen molar-refractivity contribution >= 4 is 120 Å². The second-order valence-electron chi connectivity index (χ2n) is 34.8. The highest BCUT2D eigenvalue weighted by Crippen LogP contribution is 2.47. The van der Waals surface area contributed by atoms with Gasteiger partial charge in [0.15, 0.2) is 22.8 Å². The molecule has 0 spiro atoms. The molecule has 3 saturated heterocycles. The van der Waals surface area contributed by atoms with Crippen LogP contribution in [-0.4, -0.2) is 189 Å². The number of anilines is 4. The molecule has 4 aliphatic rings. The third-order valence-corrected chi connectivity index (χ3v) is 25.5. The van der Waals surface area contributed by atoms with Gasteiger partial charge in [-0.2, -0.15) is 15.0 Å². The molecule has 6 unspecified atom stereocenters. The van der Waals surface area contributed by atoms with Crippen molar-refractivity contribution in [1.82, 2.24) is 83.2 Å². The van der Waals surface area contributed by atoms with Crippen LogP contribution in [0.15, 0.2) is 174 Å². The number of methoxy groups -OCH3 is 1. The minimum Gasteiger partial charge on any atom is -0.507 e. The maximum atomic E-state index is 15.0. The number of aromatic nitrogens is 14. The molecular weight excluding hydrogens is 1720 g/mol. The van der Waals surface area contributed by atoms with Gasteiger partial charge in [0.1, 0.15) is 46.8 Å². The summed E-state index contributed by atoms with van der Waals surface area (Å²) < 4.78 is 25.0. The Morgan fingerprint density at radius 2 is 0.901 bits per heavy atom. The molecule has 29 nitrogen and oxygen atoms in total. The van der Waals surface area contributed by atoms with Crippen LogP contribution in [0.4, 0.5) is 27.7 Å². The Bertz CT molecular complexity index is 6960. The zero-order chi connectivity index (χ0) is 93.9. The monoisotopic (exact) mass is 1830 g/mol. The molecule has 4 fully saturated rings. The van der Waals surface area contributed by atoms with Crippen LogP contribution in [0.5, 0.6) is 11.5 Å². The lowest BCUT2D eigenvalue weighted by molar-refractivity contribution is -0.129. The summed E-state index contributed by atoms with van der Waals surface area (Å²) >= 11 is 20.9. The fourth-order valence-electron chi connectivity index (χ4n) is 17.9. The Kier molecular flexibility index (Phi) is 26.5. The number of carbonyl (C=O) groups excluding carboxylic acids is 3. The lowest BCUT2D eigenvalue weighted by Crippen LogP contribution is -2.58. The molecule has 10 aromatic heterocycles. The number of aryl methyl sites for hydroxylation is 2. The van der Waals surface area contributed by atoms with E-state index >= 15 is 4.39 Å². The highest BCUT2D eigenvalue weighted by atomic mass is 35.5. The van der Waals surface area contributed by atoms with Crippen molar-refractivity contribution in [3.63, 3.8) is 0 Å². The van der Waals surface area contributed by atoms with E-state index in [4.69, 9.17) is 60.2 Å². The predicted molar refractivity (Wildman–Crippen MR) is 514 cm³/mol. The van der Waals surface area contributed by atoms with E-state index < -0.39 is 22.9 Å². The average molecular weight is 1830 g/mol. The van der Waals surface area contributed by atoms with Crippen LogP contribution in [0, 0.1) is 19.7 Å². The summed E-state index contributed by atoms with van der Waals surface area (Å²) in [6.07, 6.45) is 12.8. The normalized spacial score (nSPS) is 17.6. The highest BCUT2D eigenvalue weighted by molar-refractivity contribution is 6.35. The van der Waals surface area contributed by atoms with E-state index in [9.17, 15) is 33.9 Å². The summed E-state index contributed by atoms with van der Waals surface area (Å²) in [5.74, 6) is 0.713. The van der Waals surface area contributed by atoms with Crippen molar-refractivity contribution in [2.75, 3.05) is 66.8 Å². The maximum Gasteiger partial charge on any atom is 0.356 e. The van der Waals surface area contributed by atoms with Crippen molar-refractivity contribution in [2.45, 2.75) is 170 Å². The molecular formula is C98H103Cl3FN21O8. The van der Waals surface area contributed by atoms with Gasteiger partial charge in [-0.15, -0.1) is 0 Å². The van der Waals surface area contributed by atoms with Gasteiger partial charge in [-0.1, -0.05) is 126 Å². The van der Waals surface area contributed by atoms with Crippen LogP contribution in [0.25, 0.3) is 94.7 Å². The molecule has 1 saturated carbocycles. The Balaban J connectivity index is 0.000000151. The number of rotatable bonds is 17. The summed E-state index contributed by atoms with van der Waals surface area (Å²) in [5, 5.41) is 15.0. The number of hydrogen-bond acceptors (Lipinski definition) is 23. The van der Waals surface area contributed by atoms with Crippen molar-refractivity contribution < 1.29 is 28.6 Å². The van der Waals surface area contributed by atoms with E-state index in [0.29, 0.717) is 129 Å². The standard InChI is InChI=1S/C36H37ClN6O3.C33H36ClN7O2.C29H30ClFN8O3/c1-8-30(44)41-18-23(6)42(19-22(41)5)34-28-17-29(37)32(27-16-25(46-7)15-24-11-9-10-12-26(24)27)39-35(28)43(36(45)40-34)33-21(4)13-14-38-31(33)20(2)3;1-7-26(42)39-16-21(6)40(17-20(39)5)31-24-15-25(34)29(23-9-8-13-35-28(23)22-10-11-22)37-32(24)41(33(43)38-31)30-19(4)12-14-36-27(30)18(2)3;1-6-21(41)37-11-16(5)38(12-15(37)4)27-17-10-18(30)24(22-19(31)8-7-9-20(22)40)35-28(17)39(29(42)36-27)25-23(14(2)3)33-13-34-26(25)32/h8-17,20,22-23H,1,18-19H2,2-7H3;7-9,12-15,18,20-22H,1,10-11,16-17H2,2-6H3;6-10,13-16,40H,1,11-12H2,2-5H3,(H2,32,33,34). The molecule has 3 amide bonds. The van der Waals surface area contributed by atoms with Crippen LogP contribution in [0.1, 0.15) is 154 Å². The van der Waals surface area contributed by atoms with E-state index in [2.05, 4.69) is 83.3 Å². The zero-order valence-electron chi connectivity index (χ0n) is 75.7. The van der Waals surface area contributed by atoms with Gasteiger partial charge < -0.3 is 45.0 Å². The number of aromatic hydroxyl groups is 1. The molecule has 3 N–H and O–H groups in total. The molecule has 13 heterocycles. The molecule has 3 aromatic carbocycles. The Morgan fingerprint density at radius 3 is 1.33 bits per heavy atom. The topological polar surface area (TPSA) is 334 Å². The number of piperazine rings is 3. The maximum absolute atomic E-state index is 15.0. The van der Waals surface area contributed by atoms with Gasteiger partial charge in [-0.25, -0.2) is 57.4 Å². The van der Waals surface area contributed by atoms with Gasteiger partial charge in [0.25, 0.3) is 0 Å². The summed E-state index contributed by atoms with van der Waals surface area (Å²) in [7, 11) is 1.63. The van der Waals surface area contributed by atoms with Gasteiger partial charge in [-0.05, 0) is 193 Å². The first kappa shape index (κ1) is 92.3. The molecule has 13 aromatic rings. The zero-order valence-corrected chi connectivity index (χ0v) is 77.9. The van der Waals surface area contributed by atoms with Crippen LogP contribution in [-0.2, 0) is 14.4 Å². The Hall–Kier alpha value is -13.5. The lowest BCUT2D eigenvalue weighted by Gasteiger charge is -2.44. The minimum atomic E-state index is -0.747. The molecule has 33 heteroatoms. The molecule has 3 aliphatic heterocycles. The number of benzene rings is 3. The van der Waals surface area contributed by atoms with Crippen LogP contribution < -0.4 is 42.2 Å². The van der Waals surface area contributed by atoms with Crippen LogP contribution in [0.2, 0.25) is 15.1 Å². The van der Waals surface area contributed by atoms with Crippen molar-refractivity contribution in [2.24, 2.45) is 0 Å². The number of pyridine rings is 6. The van der Waals surface area contributed by atoms with Gasteiger partial charge in [0.05, 0.1) is 95.1 Å². The second kappa shape index (κ2) is 37.6. The SMILES string of the molecule is C=CC(=O)N1CC(C)N(c2nc(=O)n(-c3c(C)ccnc3C(C)C)c3nc(-c4cc(OC)cc5ccccc45)c(Cl)cc23)CC1C.C=CC(=O)N1CC(C)N(c2nc(=O)n(-c3c(C)ccnc3C(C)C)c3nc(-c4cccnc4C4CC4)c(Cl)cc23)CC1C.C=CC(=O)N1CC(C)N(c2nc(=O)n(-c3c(N)ncnc3C(C)C)c3nc(-c4c(O)cccc4F)c(Cl)cc23)CC1C. The highest BCUT2D eigenvalue weighted by Gasteiger charge is 2.40. The number of hydrogen-bond donors (Lipinski definition) is 2. The predicted octanol–water partition coefficient (Wildman–Crippen LogP) is 16.6. The molecule has 676 valence electrons. The number of nitrogens with zero attached hydrogens (tertiary/aromatic N) is 20. The molecule has 17 rings (SSSR count). The first-order chi connectivity index (χ1) is 62.6. The lowest BCUT2D eigenvalue weighted by atomic mass is 10.0. The number of nitrogens with two attached hydrogens (primary N) is 1. The number of phenols is 1. The molecule has 0 radical (unpaired) electrons. The number of nitrogen functional groups attached to an aromatic ring is 1. The number of fused-ring (bicyclic) bond motifs is 4.